The molecule has 0 amide bonds. The van der Waals surface area contributed by atoms with Crippen LogP contribution in [0.5, 0.6) is 5.75 Å². The monoisotopic (exact) mass is 307 g/mol. The second-order valence-corrected chi connectivity index (χ2v) is 7.70. The molecular formula is C18H29NOS. The summed E-state index contributed by atoms with van der Waals surface area (Å²) in [5, 5.41) is 4.40. The van der Waals surface area contributed by atoms with Gasteiger partial charge in [-0.1, -0.05) is 32.4 Å². The van der Waals surface area contributed by atoms with E-state index >= 15 is 0 Å². The number of benzene rings is 1. The van der Waals surface area contributed by atoms with Crippen molar-refractivity contribution in [3.63, 3.8) is 0 Å². The van der Waals surface area contributed by atoms with Crippen LogP contribution in [0.1, 0.15) is 45.1 Å². The van der Waals surface area contributed by atoms with Gasteiger partial charge in [0.25, 0.3) is 0 Å². The third-order valence-corrected chi connectivity index (χ3v) is 5.26. The van der Waals surface area contributed by atoms with Crippen LogP contribution in [-0.4, -0.2) is 24.2 Å². The van der Waals surface area contributed by atoms with Crippen LogP contribution in [0, 0.1) is 5.92 Å². The van der Waals surface area contributed by atoms with E-state index in [4.69, 9.17) is 4.74 Å². The maximum absolute atomic E-state index is 5.75. The second kappa shape index (κ2) is 9.37. The molecule has 3 heteroatoms. The van der Waals surface area contributed by atoms with E-state index in [1.807, 2.05) is 0 Å². The first-order valence-electron chi connectivity index (χ1n) is 8.28. The summed E-state index contributed by atoms with van der Waals surface area (Å²) in [6, 6.07) is 8.52. The Morgan fingerprint density at radius 1 is 1.24 bits per heavy atom. The summed E-state index contributed by atoms with van der Waals surface area (Å²) in [4.78, 5) is 0. The number of hydrogen-bond acceptors (Lipinski definition) is 3. The molecule has 0 aromatic heterocycles. The average molecular weight is 308 g/mol. The van der Waals surface area contributed by atoms with Crippen molar-refractivity contribution in [2.45, 2.75) is 51.3 Å². The number of nitrogens with one attached hydrogen (secondary N) is 1. The van der Waals surface area contributed by atoms with Gasteiger partial charge in [0.15, 0.2) is 0 Å². The predicted molar refractivity (Wildman–Crippen MR) is 93.2 cm³/mol. The predicted octanol–water partition coefficient (Wildman–Crippen LogP) is 4.49. The van der Waals surface area contributed by atoms with Crippen LogP contribution < -0.4 is 10.1 Å². The summed E-state index contributed by atoms with van der Waals surface area (Å²) in [6.07, 6.45) is 5.30. The zero-order chi connectivity index (χ0) is 14.9. The normalized spacial score (nSPS) is 18.9. The highest BCUT2D eigenvalue weighted by Crippen LogP contribution is 2.24. The van der Waals surface area contributed by atoms with E-state index in [0.717, 1.165) is 37.1 Å². The molecule has 1 N–H and O–H groups in total. The zero-order valence-electron chi connectivity index (χ0n) is 13.4. The Hall–Kier alpha value is -0.670. The van der Waals surface area contributed by atoms with Crippen molar-refractivity contribution in [2.24, 2.45) is 5.92 Å². The SMILES string of the molecule is CC(C)CCOc1ccc(CNCC2CCCCS2)cc1. The fraction of sp³-hybridized carbons (Fsp3) is 0.667. The van der Waals surface area contributed by atoms with Gasteiger partial charge in [-0.15, -0.1) is 0 Å². The maximum atomic E-state index is 5.75. The molecule has 0 bridgehead atoms. The van der Waals surface area contributed by atoms with Crippen LogP contribution in [-0.2, 0) is 6.54 Å². The summed E-state index contributed by atoms with van der Waals surface area (Å²) >= 11 is 2.13. The molecule has 1 aliphatic rings. The highest BCUT2D eigenvalue weighted by molar-refractivity contribution is 7.99. The van der Waals surface area contributed by atoms with Crippen LogP contribution in [0.25, 0.3) is 0 Å². The number of hydrogen-bond donors (Lipinski definition) is 1. The number of ether oxygens (including phenoxy) is 1. The molecule has 1 fully saturated rings. The van der Waals surface area contributed by atoms with Gasteiger partial charge in [0.1, 0.15) is 5.75 Å². The maximum Gasteiger partial charge on any atom is 0.119 e. The molecule has 0 spiro atoms. The first kappa shape index (κ1) is 16.7. The van der Waals surface area contributed by atoms with E-state index in [9.17, 15) is 0 Å². The standard InChI is InChI=1S/C18H29NOS/c1-15(2)10-11-20-17-8-6-16(7-9-17)13-19-14-18-5-3-4-12-21-18/h6-9,15,18-19H,3-5,10-14H2,1-2H3. The van der Waals surface area contributed by atoms with Crippen molar-refractivity contribution in [2.75, 3.05) is 18.9 Å². The fourth-order valence-electron chi connectivity index (χ4n) is 2.46. The molecular weight excluding hydrogens is 278 g/mol. The van der Waals surface area contributed by atoms with E-state index in [2.05, 4.69) is 55.2 Å². The van der Waals surface area contributed by atoms with Gasteiger partial charge in [-0.2, -0.15) is 11.8 Å². The first-order valence-corrected chi connectivity index (χ1v) is 9.33. The molecule has 1 saturated heterocycles. The Balaban J connectivity index is 1.64. The molecule has 1 heterocycles. The van der Waals surface area contributed by atoms with Gasteiger partial charge in [0.2, 0.25) is 0 Å². The summed E-state index contributed by atoms with van der Waals surface area (Å²) in [6.45, 7) is 7.36. The lowest BCUT2D eigenvalue weighted by molar-refractivity contribution is 0.289. The van der Waals surface area contributed by atoms with Crippen molar-refractivity contribution in [1.82, 2.24) is 5.32 Å². The van der Waals surface area contributed by atoms with Gasteiger partial charge >= 0.3 is 0 Å². The Morgan fingerprint density at radius 3 is 2.71 bits per heavy atom. The van der Waals surface area contributed by atoms with Crippen LogP contribution in [0.15, 0.2) is 24.3 Å². The smallest absolute Gasteiger partial charge is 0.119 e. The largest absolute Gasteiger partial charge is 0.494 e. The van der Waals surface area contributed by atoms with E-state index in [1.54, 1.807) is 0 Å². The van der Waals surface area contributed by atoms with Gasteiger partial charge in [-0.3, -0.25) is 0 Å². The molecule has 21 heavy (non-hydrogen) atoms. The van der Waals surface area contributed by atoms with Crippen molar-refractivity contribution in [3.05, 3.63) is 29.8 Å². The minimum Gasteiger partial charge on any atom is -0.494 e. The minimum absolute atomic E-state index is 0.700. The lowest BCUT2D eigenvalue weighted by atomic mass is 10.1. The van der Waals surface area contributed by atoms with Crippen LogP contribution >= 0.6 is 11.8 Å². The number of rotatable bonds is 8. The van der Waals surface area contributed by atoms with Gasteiger partial charge in [0.05, 0.1) is 6.61 Å². The summed E-state index contributed by atoms with van der Waals surface area (Å²) in [7, 11) is 0. The molecule has 1 aromatic carbocycles. The van der Waals surface area contributed by atoms with E-state index in [1.165, 1.54) is 30.6 Å². The quantitative estimate of drug-likeness (QED) is 0.765. The van der Waals surface area contributed by atoms with Crippen molar-refractivity contribution in [1.29, 1.82) is 0 Å². The lowest BCUT2D eigenvalue weighted by Crippen LogP contribution is -2.26. The average Bonchev–Trinajstić information content (AvgIpc) is 2.50. The highest BCUT2D eigenvalue weighted by Gasteiger charge is 2.12. The van der Waals surface area contributed by atoms with E-state index in [-0.39, 0.29) is 0 Å². The minimum atomic E-state index is 0.700. The molecule has 118 valence electrons. The Morgan fingerprint density at radius 2 is 2.05 bits per heavy atom. The molecule has 1 atom stereocenters. The molecule has 2 rings (SSSR count). The Labute approximate surface area is 134 Å². The highest BCUT2D eigenvalue weighted by atomic mass is 32.2. The summed E-state index contributed by atoms with van der Waals surface area (Å²) in [5.74, 6) is 3.03. The molecule has 1 aromatic rings. The Bertz CT molecular complexity index is 385. The van der Waals surface area contributed by atoms with Gasteiger partial charge < -0.3 is 10.1 Å². The molecule has 2 nitrogen and oxygen atoms in total. The lowest BCUT2D eigenvalue weighted by Gasteiger charge is -2.21. The van der Waals surface area contributed by atoms with Gasteiger partial charge in [-0.05, 0) is 48.6 Å². The third-order valence-electron chi connectivity index (χ3n) is 3.86. The molecule has 1 unspecified atom stereocenters. The van der Waals surface area contributed by atoms with Crippen LogP contribution in [0.4, 0.5) is 0 Å². The Kier molecular flexibility index (Phi) is 7.45. The fourth-order valence-corrected chi connectivity index (χ4v) is 3.74. The topological polar surface area (TPSA) is 21.3 Å². The third kappa shape index (κ3) is 6.75. The number of thioether (sulfide) groups is 1. The van der Waals surface area contributed by atoms with Crippen LogP contribution in [0.2, 0.25) is 0 Å². The van der Waals surface area contributed by atoms with Gasteiger partial charge in [0, 0.05) is 18.3 Å². The summed E-state index contributed by atoms with van der Waals surface area (Å²) in [5.41, 5.74) is 1.34. The van der Waals surface area contributed by atoms with E-state index < -0.39 is 0 Å². The van der Waals surface area contributed by atoms with Crippen molar-refractivity contribution < 1.29 is 4.74 Å². The molecule has 1 aliphatic heterocycles. The second-order valence-electron chi connectivity index (χ2n) is 6.29. The van der Waals surface area contributed by atoms with Crippen molar-refractivity contribution in [3.8, 4) is 5.75 Å². The van der Waals surface area contributed by atoms with Gasteiger partial charge in [-0.25, -0.2) is 0 Å². The molecule has 0 radical (unpaired) electrons. The van der Waals surface area contributed by atoms with Crippen LogP contribution in [0.3, 0.4) is 0 Å². The zero-order valence-corrected chi connectivity index (χ0v) is 14.3. The first-order chi connectivity index (χ1) is 10.2. The van der Waals surface area contributed by atoms with E-state index in [0.29, 0.717) is 5.92 Å². The molecule has 0 saturated carbocycles. The molecule has 0 aliphatic carbocycles. The summed E-state index contributed by atoms with van der Waals surface area (Å²) < 4.78 is 5.75. The van der Waals surface area contributed by atoms with Crippen molar-refractivity contribution >= 4 is 11.8 Å².